The van der Waals surface area contributed by atoms with E-state index in [2.05, 4.69) is 19.9 Å². The third-order valence-corrected chi connectivity index (χ3v) is 16.0. The topological polar surface area (TPSA) is 64.5 Å². The molecule has 0 spiro atoms. The molecule has 5 nitrogen and oxygen atoms in total. The number of aromatic nitrogens is 5. The number of hydrogen-bond donors (Lipinski definition) is 0. The first-order chi connectivity index (χ1) is 45.0. The molecule has 0 saturated carbocycles. The van der Waals surface area contributed by atoms with Gasteiger partial charge >= 0.3 is 24.7 Å². The Morgan fingerprint density at radius 2 is 0.277 bits per heavy atom. The average molecular weight is 1270 g/mol. The van der Waals surface area contributed by atoms with E-state index in [0.29, 0.717) is 66.8 Å². The molecule has 5 heterocycles. The Morgan fingerprint density at radius 3 is 0.447 bits per heavy atom. The summed E-state index contributed by atoms with van der Waals surface area (Å²) in [6.45, 7) is 0. The van der Waals surface area contributed by atoms with Crippen LogP contribution in [0.3, 0.4) is 0 Å². The van der Waals surface area contributed by atoms with E-state index in [4.69, 9.17) is 4.98 Å². The van der Waals surface area contributed by atoms with Crippen molar-refractivity contribution in [3.63, 3.8) is 0 Å². The maximum Gasteiger partial charge on any atom is 0.417 e. The van der Waals surface area contributed by atoms with Gasteiger partial charge in [0.05, 0.1) is 22.3 Å². The molecule has 0 saturated heterocycles. The van der Waals surface area contributed by atoms with E-state index in [9.17, 15) is 52.7 Å². The second kappa shape index (κ2) is 24.7. The quantitative estimate of drug-likeness (QED) is 0.114. The summed E-state index contributed by atoms with van der Waals surface area (Å²) in [5, 5.41) is 0. The summed E-state index contributed by atoms with van der Waals surface area (Å²) < 4.78 is 167. The van der Waals surface area contributed by atoms with Gasteiger partial charge in [-0.15, -0.1) is 0 Å². The van der Waals surface area contributed by atoms with E-state index in [0.717, 1.165) is 93.6 Å². The van der Waals surface area contributed by atoms with Crippen molar-refractivity contribution in [1.29, 1.82) is 0 Å². The van der Waals surface area contributed by atoms with Crippen molar-refractivity contribution in [2.75, 3.05) is 0 Å². The van der Waals surface area contributed by atoms with E-state index in [1.165, 1.54) is 24.8 Å². The number of rotatable bonds is 12. The van der Waals surface area contributed by atoms with Crippen molar-refractivity contribution in [3.05, 3.63) is 297 Å². The van der Waals surface area contributed by atoms with E-state index >= 15 is 0 Å². The molecule has 94 heavy (non-hydrogen) atoms. The molecular weight excluding hydrogens is 1220 g/mol. The lowest BCUT2D eigenvalue weighted by atomic mass is 9.90. The van der Waals surface area contributed by atoms with Gasteiger partial charge < -0.3 is 0 Å². The van der Waals surface area contributed by atoms with E-state index in [1.807, 2.05) is 115 Å². The molecule has 0 fully saturated rings. The van der Waals surface area contributed by atoms with Crippen molar-refractivity contribution in [2.45, 2.75) is 24.7 Å². The smallest absolute Gasteiger partial charge is 0.263 e. The first-order valence-electron chi connectivity index (χ1n) is 29.0. The van der Waals surface area contributed by atoms with Gasteiger partial charge in [0.15, 0.2) is 0 Å². The van der Waals surface area contributed by atoms with E-state index in [-0.39, 0.29) is 22.3 Å². The second-order valence-electron chi connectivity index (χ2n) is 22.4. The minimum atomic E-state index is -4.62. The molecule has 5 aromatic heterocycles. The van der Waals surface area contributed by atoms with Gasteiger partial charge in [0.1, 0.15) is 0 Å². The van der Waals surface area contributed by atoms with Crippen LogP contribution in [0.25, 0.3) is 134 Å². The summed E-state index contributed by atoms with van der Waals surface area (Å²) in [7, 11) is 0. The maximum absolute atomic E-state index is 13.9. The lowest BCUT2D eigenvalue weighted by molar-refractivity contribution is -0.138. The third-order valence-electron chi connectivity index (χ3n) is 16.0. The number of benzene rings is 8. The zero-order valence-corrected chi connectivity index (χ0v) is 48.8. The van der Waals surface area contributed by atoms with Crippen LogP contribution in [-0.2, 0) is 24.7 Å². The summed E-state index contributed by atoms with van der Waals surface area (Å²) in [4.78, 5) is 20.2. The number of pyridine rings is 5. The highest BCUT2D eigenvalue weighted by molar-refractivity contribution is 5.88. The highest BCUT2D eigenvalue weighted by Crippen LogP contribution is 2.43. The zero-order chi connectivity index (χ0) is 65.5. The predicted octanol–water partition coefficient (Wildman–Crippen LogP) is 22.7. The van der Waals surface area contributed by atoms with Crippen LogP contribution >= 0.6 is 0 Å². The molecule has 0 aliphatic heterocycles. The first-order valence-corrected chi connectivity index (χ1v) is 29.0. The monoisotopic (exact) mass is 1270 g/mol. The summed E-state index contributed by atoms with van der Waals surface area (Å²) in [5.41, 5.74) is 10.9. The van der Waals surface area contributed by atoms with Crippen LogP contribution in [0.1, 0.15) is 22.3 Å². The Bertz CT molecular complexity index is 4470. The van der Waals surface area contributed by atoms with Gasteiger partial charge in [-0.1, -0.05) is 109 Å². The number of halogens is 12. The molecule has 8 aromatic carbocycles. The van der Waals surface area contributed by atoms with Gasteiger partial charge in [0.2, 0.25) is 0 Å². The predicted molar refractivity (Wildman–Crippen MR) is 341 cm³/mol. The molecule has 0 radical (unpaired) electrons. The van der Waals surface area contributed by atoms with Crippen molar-refractivity contribution < 1.29 is 52.7 Å². The minimum Gasteiger partial charge on any atom is -0.263 e. The molecule has 0 N–H and O–H groups in total. The zero-order valence-electron chi connectivity index (χ0n) is 48.8. The molecular formula is C77H45F12N5. The Balaban J connectivity index is 0.875. The van der Waals surface area contributed by atoms with E-state index in [1.54, 1.807) is 85.2 Å². The lowest BCUT2D eigenvalue weighted by Crippen LogP contribution is -2.05. The molecule has 462 valence electrons. The fraction of sp³-hybridized carbons (Fsp3) is 0.0519. The van der Waals surface area contributed by atoms with Crippen LogP contribution in [-0.4, -0.2) is 24.9 Å². The molecule has 13 rings (SSSR count). The summed E-state index contributed by atoms with van der Waals surface area (Å²) in [6, 6.07) is 61.6. The number of alkyl halides is 12. The van der Waals surface area contributed by atoms with Gasteiger partial charge in [0.25, 0.3) is 0 Å². The van der Waals surface area contributed by atoms with Crippen LogP contribution in [0.15, 0.2) is 274 Å². The van der Waals surface area contributed by atoms with Crippen molar-refractivity contribution in [1.82, 2.24) is 24.9 Å². The Kier molecular flexibility index (Phi) is 16.2. The Hall–Kier alpha value is -11.3. The molecule has 17 heteroatoms. The Morgan fingerprint density at radius 1 is 0.149 bits per heavy atom. The molecule has 0 aliphatic rings. The minimum absolute atomic E-state index is 0.253. The first kappa shape index (κ1) is 61.5. The maximum atomic E-state index is 13.9. The molecule has 13 aromatic rings. The molecule has 0 bridgehead atoms. The van der Waals surface area contributed by atoms with Crippen molar-refractivity contribution >= 4 is 0 Å². The third kappa shape index (κ3) is 13.5. The van der Waals surface area contributed by atoms with Crippen LogP contribution in [0, 0.1) is 0 Å². The summed E-state index contributed by atoms with van der Waals surface area (Å²) >= 11 is 0. The average Bonchev–Trinajstić information content (AvgIpc) is 0.837. The molecule has 0 atom stereocenters. The van der Waals surface area contributed by atoms with Gasteiger partial charge in [-0.2, -0.15) is 52.7 Å². The number of hydrogen-bond acceptors (Lipinski definition) is 5. The SMILES string of the molecule is FC(F)(F)c1cncc(-c2cccc(-c3cc(-c4cccc(-c5cncc(-c6cccc(-c7cc(-c8cccc(-c9cncc(C(F)(F)F)c9)c8)cc(-c8cccc(-c9cncc(C(F)(F)F)c9)c8)c7)c6)c5)c4)cc(-c4cccc(-c5cncc(C(F)(F)F)c5)c4)c3)c2)c1. The van der Waals surface area contributed by atoms with Gasteiger partial charge in [-0.05, 0) is 203 Å². The van der Waals surface area contributed by atoms with Crippen LogP contribution in [0.5, 0.6) is 0 Å². The lowest BCUT2D eigenvalue weighted by Gasteiger charge is -2.15. The number of nitrogens with zero attached hydrogens (tertiary/aromatic N) is 5. The highest BCUT2D eigenvalue weighted by atomic mass is 19.4. The van der Waals surface area contributed by atoms with E-state index < -0.39 is 47.0 Å². The Labute approximate surface area is 530 Å². The van der Waals surface area contributed by atoms with Gasteiger partial charge in [-0.25, -0.2) is 0 Å². The molecule has 0 unspecified atom stereocenters. The summed E-state index contributed by atoms with van der Waals surface area (Å²) in [6.07, 6.45) is -6.50. The second-order valence-corrected chi connectivity index (χ2v) is 22.4. The fourth-order valence-corrected chi connectivity index (χ4v) is 11.3. The van der Waals surface area contributed by atoms with Gasteiger partial charge in [-0.3, -0.25) is 24.9 Å². The van der Waals surface area contributed by atoms with Gasteiger partial charge in [0, 0.05) is 95.3 Å². The van der Waals surface area contributed by atoms with Crippen LogP contribution in [0.4, 0.5) is 52.7 Å². The fourth-order valence-electron chi connectivity index (χ4n) is 11.3. The molecule has 0 amide bonds. The highest BCUT2D eigenvalue weighted by Gasteiger charge is 2.34. The van der Waals surface area contributed by atoms with Crippen LogP contribution in [0.2, 0.25) is 0 Å². The standard InChI is InChI=1S/C77H45F12N5/c78-74(79,80)70-32-66(38-91-42-70)54-15-3-9-48(21-54)60-25-58(26-61(29-60)49-10-4-16-55(22-49)67-33-71(43-92-39-67)75(81,82)83)46-7-1-13-52(19-46)64-31-65(37-90-36-64)53-14-2-8-47(20-53)59-27-62(50-11-5-17-56(23-50)68-34-72(44-93-40-68)76(84,85)86)30-63(28-59)51-12-6-18-57(24-51)69-35-73(45-94-41-69)77(87,88)89/h1-45H. The summed E-state index contributed by atoms with van der Waals surface area (Å²) in [5.74, 6) is 0. The molecule has 0 aliphatic carbocycles. The van der Waals surface area contributed by atoms with Crippen molar-refractivity contribution in [2.24, 2.45) is 0 Å². The van der Waals surface area contributed by atoms with Crippen LogP contribution < -0.4 is 0 Å². The normalized spacial score (nSPS) is 12.0. The van der Waals surface area contributed by atoms with Crippen molar-refractivity contribution in [3.8, 4) is 134 Å². The largest absolute Gasteiger partial charge is 0.417 e.